The number of anilines is 1. The van der Waals surface area contributed by atoms with Gasteiger partial charge in [0.2, 0.25) is 5.91 Å². The third-order valence-electron chi connectivity index (χ3n) is 3.33. The summed E-state index contributed by atoms with van der Waals surface area (Å²) in [4.78, 5) is 12.1. The van der Waals surface area contributed by atoms with Crippen LogP contribution in [0, 0.1) is 24.7 Å². The van der Waals surface area contributed by atoms with Crippen LogP contribution in [0.25, 0.3) is 0 Å². The summed E-state index contributed by atoms with van der Waals surface area (Å²) >= 11 is 0. The lowest BCUT2D eigenvalue weighted by atomic mass is 10.0. The molecule has 0 aromatic heterocycles. The third kappa shape index (κ3) is 3.83. The fourth-order valence-electron chi connectivity index (χ4n) is 2.21. The zero-order valence-electron chi connectivity index (χ0n) is 11.6. The summed E-state index contributed by atoms with van der Waals surface area (Å²) in [7, 11) is 0. The standard InChI is InChI=1S/C16H19NO3/c1-12-10-13(4-2-8-18)6-7-15(12)17-16(19)14-5-3-9-20-11-14/h6-7,10,14,18H,3,5,8-9,11H2,1H3,(H,17,19). The summed E-state index contributed by atoms with van der Waals surface area (Å²) in [6.07, 6.45) is 1.82. The maximum atomic E-state index is 12.1. The smallest absolute Gasteiger partial charge is 0.229 e. The molecule has 1 aromatic rings. The van der Waals surface area contributed by atoms with Crippen LogP contribution in [0.3, 0.4) is 0 Å². The van der Waals surface area contributed by atoms with Gasteiger partial charge in [-0.2, -0.15) is 0 Å². The van der Waals surface area contributed by atoms with E-state index in [1.807, 2.05) is 25.1 Å². The van der Waals surface area contributed by atoms with E-state index in [0.717, 1.165) is 36.3 Å². The van der Waals surface area contributed by atoms with Crippen molar-refractivity contribution in [1.29, 1.82) is 0 Å². The van der Waals surface area contributed by atoms with Crippen molar-refractivity contribution in [3.8, 4) is 11.8 Å². The molecule has 4 nitrogen and oxygen atoms in total. The molecule has 1 fully saturated rings. The SMILES string of the molecule is Cc1cc(C#CCO)ccc1NC(=O)C1CCCOC1. The van der Waals surface area contributed by atoms with Crippen LogP contribution in [0.1, 0.15) is 24.0 Å². The molecular weight excluding hydrogens is 254 g/mol. The van der Waals surface area contributed by atoms with E-state index in [1.165, 1.54) is 0 Å². The first-order chi connectivity index (χ1) is 9.70. The van der Waals surface area contributed by atoms with Crippen LogP contribution in [0.2, 0.25) is 0 Å². The highest BCUT2D eigenvalue weighted by Crippen LogP contribution is 2.20. The third-order valence-corrected chi connectivity index (χ3v) is 3.33. The number of ether oxygens (including phenoxy) is 1. The summed E-state index contributed by atoms with van der Waals surface area (Å²) in [6, 6.07) is 5.58. The second-order valence-electron chi connectivity index (χ2n) is 4.89. The van der Waals surface area contributed by atoms with Crippen molar-refractivity contribution in [2.24, 2.45) is 5.92 Å². The van der Waals surface area contributed by atoms with E-state index < -0.39 is 0 Å². The van der Waals surface area contributed by atoms with Gasteiger partial charge in [-0.25, -0.2) is 0 Å². The zero-order chi connectivity index (χ0) is 14.4. The Bertz CT molecular complexity index is 536. The average Bonchev–Trinajstić information content (AvgIpc) is 2.48. The fourth-order valence-corrected chi connectivity index (χ4v) is 2.21. The second kappa shape index (κ2) is 7.09. The van der Waals surface area contributed by atoms with Gasteiger partial charge >= 0.3 is 0 Å². The number of aliphatic hydroxyl groups excluding tert-OH is 1. The number of aryl methyl sites for hydroxylation is 1. The van der Waals surface area contributed by atoms with Gasteiger partial charge in [0, 0.05) is 17.9 Å². The second-order valence-corrected chi connectivity index (χ2v) is 4.89. The minimum Gasteiger partial charge on any atom is -0.384 e. The fraction of sp³-hybridized carbons (Fsp3) is 0.438. The van der Waals surface area contributed by atoms with E-state index in [2.05, 4.69) is 17.2 Å². The number of nitrogens with one attached hydrogen (secondary N) is 1. The molecule has 1 aromatic carbocycles. The Balaban J connectivity index is 2.03. The largest absolute Gasteiger partial charge is 0.384 e. The molecule has 1 aliphatic rings. The Kier molecular flexibility index (Phi) is 5.16. The molecule has 0 bridgehead atoms. The molecule has 1 atom stereocenters. The van der Waals surface area contributed by atoms with Crippen LogP contribution in [0.4, 0.5) is 5.69 Å². The average molecular weight is 273 g/mol. The van der Waals surface area contributed by atoms with Crippen molar-refractivity contribution >= 4 is 11.6 Å². The predicted molar refractivity (Wildman–Crippen MR) is 77.3 cm³/mol. The van der Waals surface area contributed by atoms with Crippen LogP contribution in [0.5, 0.6) is 0 Å². The molecule has 0 aliphatic carbocycles. The van der Waals surface area contributed by atoms with Crippen LogP contribution in [-0.2, 0) is 9.53 Å². The number of rotatable bonds is 2. The van der Waals surface area contributed by atoms with E-state index in [-0.39, 0.29) is 18.4 Å². The molecule has 106 valence electrons. The Morgan fingerprint density at radius 1 is 1.55 bits per heavy atom. The van der Waals surface area contributed by atoms with Gasteiger partial charge < -0.3 is 15.2 Å². The summed E-state index contributed by atoms with van der Waals surface area (Å²) in [5.41, 5.74) is 2.59. The highest BCUT2D eigenvalue weighted by Gasteiger charge is 2.22. The van der Waals surface area contributed by atoms with E-state index in [0.29, 0.717) is 6.61 Å². The van der Waals surface area contributed by atoms with E-state index >= 15 is 0 Å². The van der Waals surface area contributed by atoms with Crippen LogP contribution >= 0.6 is 0 Å². The zero-order valence-corrected chi connectivity index (χ0v) is 11.6. The van der Waals surface area contributed by atoms with Gasteiger partial charge in [0.25, 0.3) is 0 Å². The van der Waals surface area contributed by atoms with E-state index in [4.69, 9.17) is 9.84 Å². The molecule has 1 amide bonds. The predicted octanol–water partition coefficient (Wildman–Crippen LogP) is 1.70. The molecule has 1 heterocycles. The van der Waals surface area contributed by atoms with Crippen molar-refractivity contribution in [1.82, 2.24) is 0 Å². The Morgan fingerprint density at radius 3 is 3.05 bits per heavy atom. The number of carbonyl (C=O) groups is 1. The van der Waals surface area contributed by atoms with Gasteiger partial charge in [-0.05, 0) is 43.5 Å². The molecule has 0 saturated carbocycles. The summed E-state index contributed by atoms with van der Waals surface area (Å²) in [5.74, 6) is 5.41. The number of carbonyl (C=O) groups excluding carboxylic acids is 1. The highest BCUT2D eigenvalue weighted by molar-refractivity contribution is 5.93. The molecule has 0 radical (unpaired) electrons. The number of hydrogen-bond donors (Lipinski definition) is 2. The van der Waals surface area contributed by atoms with Crippen molar-refractivity contribution in [3.05, 3.63) is 29.3 Å². The maximum Gasteiger partial charge on any atom is 0.229 e. The molecule has 1 saturated heterocycles. The summed E-state index contributed by atoms with van der Waals surface area (Å²) in [5, 5.41) is 11.6. The van der Waals surface area contributed by atoms with Crippen molar-refractivity contribution in [2.75, 3.05) is 25.1 Å². The summed E-state index contributed by atoms with van der Waals surface area (Å²) < 4.78 is 5.33. The lowest BCUT2D eigenvalue weighted by molar-refractivity contribution is -0.123. The van der Waals surface area contributed by atoms with Gasteiger partial charge in [-0.15, -0.1) is 0 Å². The van der Waals surface area contributed by atoms with Gasteiger partial charge in [0.1, 0.15) is 6.61 Å². The molecule has 2 rings (SSSR count). The highest BCUT2D eigenvalue weighted by atomic mass is 16.5. The lowest BCUT2D eigenvalue weighted by Gasteiger charge is -2.21. The van der Waals surface area contributed by atoms with Crippen molar-refractivity contribution < 1.29 is 14.6 Å². The number of aliphatic hydroxyl groups is 1. The van der Waals surface area contributed by atoms with E-state index in [1.54, 1.807) is 0 Å². The van der Waals surface area contributed by atoms with Crippen LogP contribution < -0.4 is 5.32 Å². The molecular formula is C16H19NO3. The number of amides is 1. The molecule has 0 spiro atoms. The van der Waals surface area contributed by atoms with Crippen molar-refractivity contribution in [2.45, 2.75) is 19.8 Å². The molecule has 1 aliphatic heterocycles. The van der Waals surface area contributed by atoms with Crippen LogP contribution in [0.15, 0.2) is 18.2 Å². The van der Waals surface area contributed by atoms with Gasteiger partial charge in [0.15, 0.2) is 0 Å². The van der Waals surface area contributed by atoms with Gasteiger partial charge in [-0.1, -0.05) is 11.8 Å². The van der Waals surface area contributed by atoms with Crippen molar-refractivity contribution in [3.63, 3.8) is 0 Å². The first-order valence-electron chi connectivity index (χ1n) is 6.79. The molecule has 2 N–H and O–H groups in total. The molecule has 1 unspecified atom stereocenters. The van der Waals surface area contributed by atoms with Crippen LogP contribution in [-0.4, -0.2) is 30.8 Å². The normalized spacial score (nSPS) is 18.0. The first kappa shape index (κ1) is 14.6. The molecule has 4 heteroatoms. The summed E-state index contributed by atoms with van der Waals surface area (Å²) in [6.45, 7) is 3.03. The maximum absolute atomic E-state index is 12.1. The quantitative estimate of drug-likeness (QED) is 0.806. The minimum atomic E-state index is -0.154. The van der Waals surface area contributed by atoms with Gasteiger partial charge in [-0.3, -0.25) is 4.79 Å². The lowest BCUT2D eigenvalue weighted by Crippen LogP contribution is -2.30. The van der Waals surface area contributed by atoms with Gasteiger partial charge in [0.05, 0.1) is 12.5 Å². The molecule has 20 heavy (non-hydrogen) atoms. The Labute approximate surface area is 119 Å². The Hall–Kier alpha value is -1.83. The van der Waals surface area contributed by atoms with E-state index in [9.17, 15) is 4.79 Å². The number of hydrogen-bond acceptors (Lipinski definition) is 3. The first-order valence-corrected chi connectivity index (χ1v) is 6.79. The topological polar surface area (TPSA) is 58.6 Å². The Morgan fingerprint density at radius 2 is 2.40 bits per heavy atom. The minimum absolute atomic E-state index is 0.0157. The number of benzene rings is 1. The monoisotopic (exact) mass is 273 g/mol.